The molecular formula is C23H22N6O2. The van der Waals surface area contributed by atoms with Gasteiger partial charge in [-0.25, -0.2) is 4.98 Å². The molecule has 6 rings (SSSR count). The van der Waals surface area contributed by atoms with Crippen molar-refractivity contribution in [2.24, 2.45) is 4.99 Å². The molecule has 0 amide bonds. The van der Waals surface area contributed by atoms with Crippen LogP contribution in [0.5, 0.6) is 0 Å². The van der Waals surface area contributed by atoms with Gasteiger partial charge >= 0.3 is 0 Å². The number of rotatable bonds is 4. The van der Waals surface area contributed by atoms with Crippen molar-refractivity contribution in [1.82, 2.24) is 20.1 Å². The highest BCUT2D eigenvalue weighted by Gasteiger charge is 2.40. The molecule has 4 heterocycles. The fourth-order valence-electron chi connectivity index (χ4n) is 4.57. The van der Waals surface area contributed by atoms with Gasteiger partial charge in [0.2, 0.25) is 0 Å². The predicted molar refractivity (Wildman–Crippen MR) is 115 cm³/mol. The van der Waals surface area contributed by atoms with Crippen molar-refractivity contribution in [2.75, 3.05) is 25.1 Å². The molecule has 0 aliphatic carbocycles. The Morgan fingerprint density at radius 2 is 2.00 bits per heavy atom. The molecule has 2 atom stereocenters. The van der Waals surface area contributed by atoms with Crippen LogP contribution < -0.4 is 5.48 Å². The number of hydrogen-bond acceptors (Lipinski definition) is 7. The molecule has 1 saturated heterocycles. The Balaban J connectivity index is 1.42. The summed E-state index contributed by atoms with van der Waals surface area (Å²) < 4.78 is 0. The van der Waals surface area contributed by atoms with E-state index in [0.29, 0.717) is 11.4 Å². The van der Waals surface area contributed by atoms with Crippen LogP contribution in [0.3, 0.4) is 0 Å². The van der Waals surface area contributed by atoms with Crippen molar-refractivity contribution in [2.45, 2.75) is 25.0 Å². The summed E-state index contributed by atoms with van der Waals surface area (Å²) in [7, 11) is 0. The van der Waals surface area contributed by atoms with Crippen LogP contribution in [-0.4, -0.2) is 51.2 Å². The van der Waals surface area contributed by atoms with E-state index < -0.39 is 6.10 Å². The topological polar surface area (TPSA) is 95.5 Å². The van der Waals surface area contributed by atoms with Gasteiger partial charge in [-0.1, -0.05) is 36.4 Å². The molecule has 0 saturated carbocycles. The van der Waals surface area contributed by atoms with Gasteiger partial charge in [-0.3, -0.25) is 30.1 Å². The second kappa shape index (κ2) is 7.40. The Bertz CT molecular complexity index is 1150. The average molecular weight is 414 g/mol. The van der Waals surface area contributed by atoms with E-state index in [2.05, 4.69) is 54.8 Å². The number of hydrogen-bond donors (Lipinski definition) is 2. The standard InChI is InChI=1S/C23H22N6O2/c30-18-11-24-21-19-16(18)3-1-4-17(19)28-31-22(20(21)23-25-13-26-27-23)15-7-5-14(6-8-15)12-29-9-2-10-29/h1,3-8,13,20,22,28H,2,9-12H2,(H,25,26,27). The monoisotopic (exact) mass is 414 g/mol. The van der Waals surface area contributed by atoms with Gasteiger partial charge in [-0.05, 0) is 36.7 Å². The maximum absolute atomic E-state index is 12.5. The fraction of sp³-hybridized carbons (Fsp3) is 0.304. The second-order valence-corrected chi connectivity index (χ2v) is 8.21. The highest BCUT2D eigenvalue weighted by molar-refractivity contribution is 6.20. The largest absolute Gasteiger partial charge is 0.299 e. The lowest BCUT2D eigenvalue weighted by Gasteiger charge is -2.31. The molecule has 8 nitrogen and oxygen atoms in total. The molecule has 0 bridgehead atoms. The highest BCUT2D eigenvalue weighted by Crippen LogP contribution is 2.42. The molecule has 0 spiro atoms. The zero-order chi connectivity index (χ0) is 20.8. The van der Waals surface area contributed by atoms with Crippen LogP contribution in [-0.2, 0) is 11.4 Å². The minimum atomic E-state index is -0.391. The first-order chi connectivity index (χ1) is 15.3. The Kier molecular flexibility index (Phi) is 4.40. The second-order valence-electron chi connectivity index (χ2n) is 8.21. The van der Waals surface area contributed by atoms with E-state index in [1.165, 1.54) is 31.4 Å². The third kappa shape index (κ3) is 3.15. The predicted octanol–water partition coefficient (Wildman–Crippen LogP) is 2.88. The van der Waals surface area contributed by atoms with Gasteiger partial charge in [0.05, 0.1) is 17.3 Å². The first kappa shape index (κ1) is 18.4. The molecule has 8 heteroatoms. The zero-order valence-corrected chi connectivity index (χ0v) is 16.9. The lowest BCUT2D eigenvalue weighted by atomic mass is 9.83. The van der Waals surface area contributed by atoms with Crippen LogP contribution >= 0.6 is 0 Å². The maximum atomic E-state index is 12.5. The summed E-state index contributed by atoms with van der Waals surface area (Å²) in [4.78, 5) is 30.3. The van der Waals surface area contributed by atoms with Crippen molar-refractivity contribution in [3.05, 3.63) is 76.9 Å². The Hall–Kier alpha value is -3.36. The number of H-pyrrole nitrogens is 1. The van der Waals surface area contributed by atoms with E-state index in [1.54, 1.807) is 0 Å². The average Bonchev–Trinajstić information content (AvgIpc) is 3.24. The number of anilines is 1. The van der Waals surface area contributed by atoms with Crippen molar-refractivity contribution in [1.29, 1.82) is 0 Å². The van der Waals surface area contributed by atoms with Crippen LogP contribution in [0.25, 0.3) is 0 Å². The number of carbonyl (C=O) groups excluding carboxylic acids is 1. The van der Waals surface area contributed by atoms with E-state index >= 15 is 0 Å². The number of nitrogens with one attached hydrogen (secondary N) is 2. The van der Waals surface area contributed by atoms with Crippen LogP contribution in [0.4, 0.5) is 5.69 Å². The normalized spacial score (nSPS) is 22.7. The van der Waals surface area contributed by atoms with Crippen molar-refractivity contribution in [3.63, 3.8) is 0 Å². The number of Topliss-reactive ketones (excluding diaryl/α,β-unsaturated/α-hetero) is 1. The highest BCUT2D eigenvalue weighted by atomic mass is 16.7. The van der Waals surface area contributed by atoms with Gasteiger partial charge in [0.25, 0.3) is 0 Å². The van der Waals surface area contributed by atoms with Crippen LogP contribution in [0.15, 0.2) is 53.8 Å². The number of benzene rings is 2. The number of likely N-dealkylation sites (tertiary alicyclic amines) is 1. The van der Waals surface area contributed by atoms with Crippen molar-refractivity contribution >= 4 is 17.2 Å². The molecule has 3 aliphatic rings. The lowest BCUT2D eigenvalue weighted by Crippen LogP contribution is -2.36. The van der Waals surface area contributed by atoms with Crippen LogP contribution in [0.2, 0.25) is 0 Å². The van der Waals surface area contributed by atoms with Gasteiger partial charge in [0, 0.05) is 17.7 Å². The molecule has 2 N–H and O–H groups in total. The zero-order valence-electron chi connectivity index (χ0n) is 16.9. The van der Waals surface area contributed by atoms with Crippen molar-refractivity contribution in [3.8, 4) is 0 Å². The lowest BCUT2D eigenvalue weighted by molar-refractivity contribution is 0.0930. The molecule has 3 aromatic rings. The van der Waals surface area contributed by atoms with Gasteiger partial charge < -0.3 is 0 Å². The summed E-state index contributed by atoms with van der Waals surface area (Å²) in [6.07, 6.45) is 2.38. The fourth-order valence-corrected chi connectivity index (χ4v) is 4.57. The SMILES string of the molecule is O=C1CN=C2c3c(cccc31)NOC(c1ccc(CN3CCC3)cc1)C2c1ncn[nH]1. The molecule has 0 radical (unpaired) electrons. The van der Waals surface area contributed by atoms with Gasteiger partial charge in [0.1, 0.15) is 24.8 Å². The van der Waals surface area contributed by atoms with E-state index in [0.717, 1.165) is 29.1 Å². The number of aromatic amines is 1. The van der Waals surface area contributed by atoms with E-state index in [1.807, 2.05) is 18.2 Å². The maximum Gasteiger partial charge on any atom is 0.184 e. The molecule has 1 fully saturated rings. The van der Waals surface area contributed by atoms with Gasteiger partial charge in [-0.2, -0.15) is 5.10 Å². The minimum Gasteiger partial charge on any atom is -0.299 e. The summed E-state index contributed by atoms with van der Waals surface area (Å²) >= 11 is 0. The number of aliphatic imine (C=N–C) groups is 1. The first-order valence-electron chi connectivity index (χ1n) is 10.6. The molecule has 156 valence electrons. The third-order valence-corrected chi connectivity index (χ3v) is 6.30. The summed E-state index contributed by atoms with van der Waals surface area (Å²) in [6, 6.07) is 14.1. The van der Waals surface area contributed by atoms with Crippen LogP contribution in [0, 0.1) is 0 Å². The first-order valence-corrected chi connectivity index (χ1v) is 10.6. The Morgan fingerprint density at radius 3 is 2.74 bits per heavy atom. The molecule has 31 heavy (non-hydrogen) atoms. The van der Waals surface area contributed by atoms with Crippen molar-refractivity contribution < 1.29 is 9.63 Å². The quantitative estimate of drug-likeness (QED) is 0.682. The summed E-state index contributed by atoms with van der Waals surface area (Å²) in [5, 5.41) is 7.05. The third-order valence-electron chi connectivity index (χ3n) is 6.30. The number of aromatic nitrogens is 3. The summed E-state index contributed by atoms with van der Waals surface area (Å²) in [5.41, 5.74) is 8.37. The van der Waals surface area contributed by atoms with Gasteiger partial charge in [-0.15, -0.1) is 0 Å². The number of carbonyl (C=O) groups is 1. The molecule has 3 aliphatic heterocycles. The molecule has 2 unspecified atom stereocenters. The minimum absolute atomic E-state index is 0.00696. The van der Waals surface area contributed by atoms with E-state index in [-0.39, 0.29) is 18.2 Å². The molecule has 2 aromatic carbocycles. The Morgan fingerprint density at radius 1 is 1.13 bits per heavy atom. The van der Waals surface area contributed by atoms with Gasteiger partial charge in [0.15, 0.2) is 5.78 Å². The number of ketones is 1. The molecule has 1 aromatic heterocycles. The van der Waals surface area contributed by atoms with Crippen LogP contribution in [0.1, 0.15) is 51.3 Å². The van der Waals surface area contributed by atoms with E-state index in [4.69, 9.17) is 4.84 Å². The van der Waals surface area contributed by atoms with E-state index in [9.17, 15) is 4.79 Å². The Labute approximate surface area is 179 Å². The number of nitrogens with zero attached hydrogens (tertiary/aromatic N) is 4. The molecular weight excluding hydrogens is 392 g/mol. The summed E-state index contributed by atoms with van der Waals surface area (Å²) in [6.45, 7) is 3.44. The smallest absolute Gasteiger partial charge is 0.184 e. The summed E-state index contributed by atoms with van der Waals surface area (Å²) in [5.74, 6) is 0.339.